The van der Waals surface area contributed by atoms with Crippen molar-refractivity contribution < 1.29 is 9.32 Å². The van der Waals surface area contributed by atoms with Gasteiger partial charge in [0.25, 0.3) is 11.7 Å². The Morgan fingerprint density at radius 2 is 2.09 bits per heavy atom. The number of carbonyl (C=O) groups is 1. The Morgan fingerprint density at radius 3 is 2.68 bits per heavy atom. The van der Waals surface area contributed by atoms with Gasteiger partial charge in [0.2, 0.25) is 5.89 Å². The van der Waals surface area contributed by atoms with Crippen LogP contribution >= 0.6 is 11.8 Å². The maximum atomic E-state index is 10.9. The van der Waals surface area contributed by atoms with Crippen LogP contribution in [0.15, 0.2) is 33.7 Å². The van der Waals surface area contributed by atoms with Gasteiger partial charge in [-0.1, -0.05) is 29.8 Å². The number of aromatic nitrogens is 2. The van der Waals surface area contributed by atoms with E-state index in [-0.39, 0.29) is 5.82 Å². The monoisotopic (exact) mass is 320 g/mol. The maximum absolute atomic E-state index is 10.9. The second-order valence-electron chi connectivity index (χ2n) is 4.91. The largest absolute Gasteiger partial charge is 0.363 e. The third-order valence-corrected chi connectivity index (χ3v) is 4.18. The average molecular weight is 320 g/mol. The van der Waals surface area contributed by atoms with Gasteiger partial charge in [0, 0.05) is 17.2 Å². The third-order valence-electron chi connectivity index (χ3n) is 3.19. The number of thioether (sulfide) groups is 1. The fourth-order valence-electron chi connectivity index (χ4n) is 1.89. The van der Waals surface area contributed by atoms with Crippen LogP contribution in [0.5, 0.6) is 0 Å². The summed E-state index contributed by atoms with van der Waals surface area (Å²) in [4.78, 5) is 18.4. The molecule has 1 amide bonds. The number of benzene rings is 1. The van der Waals surface area contributed by atoms with Crippen molar-refractivity contribution in [3.8, 4) is 0 Å². The Bertz CT molecular complexity index is 612. The van der Waals surface area contributed by atoms with E-state index in [9.17, 15) is 4.79 Å². The summed E-state index contributed by atoms with van der Waals surface area (Å²) < 4.78 is 5.03. The predicted octanol–water partition coefficient (Wildman–Crippen LogP) is 2.09. The summed E-state index contributed by atoms with van der Waals surface area (Å²) in [6, 6.07) is 8.49. The number of primary amides is 1. The van der Waals surface area contributed by atoms with E-state index >= 15 is 0 Å². The van der Waals surface area contributed by atoms with Crippen LogP contribution in [-0.2, 0) is 6.54 Å². The number of hydrogen-bond donors (Lipinski definition) is 1. The number of rotatable bonds is 8. The number of nitrogens with zero attached hydrogens (tertiary/aromatic N) is 3. The second kappa shape index (κ2) is 7.95. The van der Waals surface area contributed by atoms with Crippen LogP contribution in [0.1, 0.15) is 29.0 Å². The molecule has 118 valence electrons. The molecule has 0 spiro atoms. The molecule has 7 heteroatoms. The highest BCUT2D eigenvalue weighted by atomic mass is 32.2. The first-order valence-electron chi connectivity index (χ1n) is 7.12. The van der Waals surface area contributed by atoms with Gasteiger partial charge in [-0.25, -0.2) is 0 Å². The molecule has 1 aromatic carbocycles. The van der Waals surface area contributed by atoms with Gasteiger partial charge in [-0.15, -0.1) is 11.8 Å². The van der Waals surface area contributed by atoms with Crippen molar-refractivity contribution in [1.82, 2.24) is 15.0 Å². The van der Waals surface area contributed by atoms with Gasteiger partial charge in [-0.3, -0.25) is 9.69 Å². The molecule has 0 bridgehead atoms. The zero-order chi connectivity index (χ0) is 15.9. The molecule has 0 aliphatic heterocycles. The zero-order valence-corrected chi connectivity index (χ0v) is 13.6. The summed E-state index contributed by atoms with van der Waals surface area (Å²) >= 11 is 1.81. The molecule has 2 rings (SSSR count). The van der Waals surface area contributed by atoms with E-state index in [0.29, 0.717) is 12.4 Å². The van der Waals surface area contributed by atoms with Gasteiger partial charge in [0.05, 0.1) is 6.54 Å². The van der Waals surface area contributed by atoms with E-state index < -0.39 is 5.91 Å². The molecule has 0 aliphatic rings. The molecule has 0 atom stereocenters. The quantitative estimate of drug-likeness (QED) is 0.750. The molecule has 0 saturated heterocycles. The summed E-state index contributed by atoms with van der Waals surface area (Å²) in [5.74, 6) is 0.636. The summed E-state index contributed by atoms with van der Waals surface area (Å²) in [6.07, 6.45) is 0. The molecule has 0 saturated carbocycles. The van der Waals surface area contributed by atoms with E-state index in [1.54, 1.807) is 0 Å². The van der Waals surface area contributed by atoms with Gasteiger partial charge in [0.15, 0.2) is 0 Å². The van der Waals surface area contributed by atoms with Gasteiger partial charge in [-0.2, -0.15) is 4.98 Å². The first-order chi connectivity index (χ1) is 10.6. The fourth-order valence-corrected chi connectivity index (χ4v) is 2.80. The highest BCUT2D eigenvalue weighted by molar-refractivity contribution is 7.99. The Hall–Kier alpha value is -1.86. The molecular weight excluding hydrogens is 300 g/mol. The zero-order valence-electron chi connectivity index (χ0n) is 12.8. The van der Waals surface area contributed by atoms with Crippen LogP contribution in [0, 0.1) is 6.92 Å². The van der Waals surface area contributed by atoms with Gasteiger partial charge in [0.1, 0.15) is 0 Å². The minimum Gasteiger partial charge on any atom is -0.363 e. The van der Waals surface area contributed by atoms with Crippen LogP contribution in [0.25, 0.3) is 0 Å². The molecule has 6 nitrogen and oxygen atoms in total. The van der Waals surface area contributed by atoms with Crippen LogP contribution in [0.3, 0.4) is 0 Å². The Labute approximate surface area is 134 Å². The topological polar surface area (TPSA) is 85.3 Å². The maximum Gasteiger partial charge on any atom is 0.290 e. The first-order valence-corrected chi connectivity index (χ1v) is 8.11. The molecule has 0 aliphatic carbocycles. The van der Waals surface area contributed by atoms with E-state index in [1.807, 2.05) is 11.8 Å². The summed E-state index contributed by atoms with van der Waals surface area (Å²) in [7, 11) is 0. The molecule has 0 unspecified atom stereocenters. The fraction of sp³-hybridized carbons (Fsp3) is 0.400. The highest BCUT2D eigenvalue weighted by Gasteiger charge is 2.13. The normalized spacial score (nSPS) is 11.0. The number of amides is 1. The van der Waals surface area contributed by atoms with E-state index in [4.69, 9.17) is 10.3 Å². The average Bonchev–Trinajstić information content (AvgIpc) is 2.97. The molecular formula is C15H20N4O2S. The minimum absolute atomic E-state index is 0.0694. The molecule has 2 N–H and O–H groups in total. The Kier molecular flexibility index (Phi) is 5.97. The van der Waals surface area contributed by atoms with Crippen molar-refractivity contribution in [2.45, 2.75) is 25.3 Å². The summed E-state index contributed by atoms with van der Waals surface area (Å²) in [5, 5.41) is 3.55. The standard InChI is InChI=1S/C15H20N4O2S/c1-3-19(10-13-17-15(14(16)20)18-21-13)8-9-22-12-6-4-11(2)5-7-12/h4-7H,3,8-10H2,1-2H3,(H2,16,20). The number of carbonyl (C=O) groups excluding carboxylic acids is 1. The van der Waals surface area contributed by atoms with Crippen LogP contribution < -0.4 is 5.73 Å². The lowest BCUT2D eigenvalue weighted by molar-refractivity contribution is 0.0987. The van der Waals surface area contributed by atoms with E-state index in [2.05, 4.69) is 53.2 Å². The summed E-state index contributed by atoms with van der Waals surface area (Å²) in [5.41, 5.74) is 6.37. The van der Waals surface area contributed by atoms with Gasteiger partial charge in [-0.05, 0) is 25.6 Å². The van der Waals surface area contributed by atoms with Gasteiger partial charge < -0.3 is 10.3 Å². The van der Waals surface area contributed by atoms with Crippen molar-refractivity contribution in [3.63, 3.8) is 0 Å². The lowest BCUT2D eigenvalue weighted by Gasteiger charge is -2.17. The molecule has 0 fully saturated rings. The van der Waals surface area contributed by atoms with Crippen LogP contribution in [-0.4, -0.2) is 39.8 Å². The van der Waals surface area contributed by atoms with Gasteiger partial charge >= 0.3 is 0 Å². The third kappa shape index (κ3) is 4.85. The highest BCUT2D eigenvalue weighted by Crippen LogP contribution is 2.18. The molecule has 22 heavy (non-hydrogen) atoms. The summed E-state index contributed by atoms with van der Waals surface area (Å²) in [6.45, 7) is 6.43. The minimum atomic E-state index is -0.673. The van der Waals surface area contributed by atoms with E-state index in [0.717, 1.165) is 18.8 Å². The smallest absolute Gasteiger partial charge is 0.290 e. The van der Waals surface area contributed by atoms with Crippen molar-refractivity contribution >= 4 is 17.7 Å². The SMILES string of the molecule is CCN(CCSc1ccc(C)cc1)Cc1nc(C(N)=O)no1. The van der Waals surface area contributed by atoms with Crippen LogP contribution in [0.2, 0.25) is 0 Å². The van der Waals surface area contributed by atoms with Crippen molar-refractivity contribution in [1.29, 1.82) is 0 Å². The number of nitrogens with two attached hydrogens (primary N) is 1. The lowest BCUT2D eigenvalue weighted by Crippen LogP contribution is -2.25. The predicted molar refractivity (Wildman–Crippen MR) is 85.7 cm³/mol. The van der Waals surface area contributed by atoms with Crippen LogP contribution in [0.4, 0.5) is 0 Å². The number of aryl methyl sites for hydroxylation is 1. The lowest BCUT2D eigenvalue weighted by atomic mass is 10.2. The molecule has 1 aromatic heterocycles. The molecule has 0 radical (unpaired) electrons. The Balaban J connectivity index is 1.81. The Morgan fingerprint density at radius 1 is 1.36 bits per heavy atom. The van der Waals surface area contributed by atoms with Crippen molar-refractivity contribution in [2.75, 3.05) is 18.8 Å². The second-order valence-corrected chi connectivity index (χ2v) is 6.07. The molecule has 1 heterocycles. The van der Waals surface area contributed by atoms with Crippen molar-refractivity contribution in [2.24, 2.45) is 5.73 Å². The van der Waals surface area contributed by atoms with E-state index in [1.165, 1.54) is 10.5 Å². The molecule has 2 aromatic rings. The first kappa shape index (κ1) is 16.5. The number of hydrogen-bond acceptors (Lipinski definition) is 6. The van der Waals surface area contributed by atoms with Crippen molar-refractivity contribution in [3.05, 3.63) is 41.5 Å².